The largest absolute Gasteiger partial charge is 0.352 e. The second-order valence-corrected chi connectivity index (χ2v) is 8.19. The Kier molecular flexibility index (Phi) is 7.26. The van der Waals surface area contributed by atoms with Crippen LogP contribution in [0.1, 0.15) is 26.0 Å². The number of hydrogen-bond donors (Lipinski definition) is 1. The van der Waals surface area contributed by atoms with Gasteiger partial charge in [0.15, 0.2) is 0 Å². The Morgan fingerprint density at radius 2 is 2.14 bits per heavy atom. The van der Waals surface area contributed by atoms with E-state index in [-0.39, 0.29) is 6.04 Å². The highest BCUT2D eigenvalue weighted by atomic mass is 32.2. The van der Waals surface area contributed by atoms with Gasteiger partial charge in [0.2, 0.25) is 10.0 Å². The van der Waals surface area contributed by atoms with Gasteiger partial charge < -0.3 is 9.88 Å². The summed E-state index contributed by atoms with van der Waals surface area (Å²) in [6.45, 7) is 5.52. The quantitative estimate of drug-likeness (QED) is 0.750. The zero-order chi connectivity index (χ0) is 16.0. The van der Waals surface area contributed by atoms with E-state index in [4.69, 9.17) is 0 Å². The van der Waals surface area contributed by atoms with Crippen molar-refractivity contribution in [2.75, 3.05) is 25.6 Å². The third-order valence-electron chi connectivity index (χ3n) is 3.68. The van der Waals surface area contributed by atoms with Gasteiger partial charge in [-0.2, -0.15) is 16.1 Å². The maximum Gasteiger partial charge on any atom is 0.244 e. The first-order valence-corrected chi connectivity index (χ1v) is 10.0. The number of nitrogens with one attached hydrogen (secondary N) is 1. The summed E-state index contributed by atoms with van der Waals surface area (Å²) < 4.78 is 28.7. The molecule has 0 aliphatic carbocycles. The van der Waals surface area contributed by atoms with Crippen molar-refractivity contribution in [1.82, 2.24) is 14.2 Å². The fraction of sp³-hybridized carbons (Fsp3) is 0.714. The molecule has 1 atom stereocenters. The minimum Gasteiger partial charge on any atom is -0.352 e. The normalized spacial score (nSPS) is 13.8. The summed E-state index contributed by atoms with van der Waals surface area (Å²) in [4.78, 5) is 0.372. The third-order valence-corrected chi connectivity index (χ3v) is 6.26. The monoisotopic (exact) mass is 333 g/mol. The maximum absolute atomic E-state index is 12.7. The number of aromatic nitrogens is 1. The highest BCUT2D eigenvalue weighted by Gasteiger charge is 2.26. The molecule has 1 rings (SSSR count). The first kappa shape index (κ1) is 18.5. The molecule has 1 heterocycles. The highest BCUT2D eigenvalue weighted by molar-refractivity contribution is 7.98. The molecule has 0 amide bonds. The van der Waals surface area contributed by atoms with E-state index >= 15 is 0 Å². The van der Waals surface area contributed by atoms with Crippen LogP contribution in [0.2, 0.25) is 0 Å². The van der Waals surface area contributed by atoms with Crippen LogP contribution in [0.4, 0.5) is 0 Å². The van der Waals surface area contributed by atoms with Gasteiger partial charge in [-0.05, 0) is 38.0 Å². The average Bonchev–Trinajstić information content (AvgIpc) is 2.83. The minimum atomic E-state index is -3.42. The Bertz CT molecular complexity index is 540. The Morgan fingerprint density at radius 1 is 1.48 bits per heavy atom. The number of rotatable bonds is 9. The maximum atomic E-state index is 12.7. The molecule has 0 saturated heterocycles. The number of sulfonamides is 1. The van der Waals surface area contributed by atoms with Gasteiger partial charge >= 0.3 is 0 Å². The van der Waals surface area contributed by atoms with Crippen LogP contribution in [0.25, 0.3) is 0 Å². The highest BCUT2D eigenvalue weighted by Crippen LogP contribution is 2.20. The van der Waals surface area contributed by atoms with Gasteiger partial charge in [0.25, 0.3) is 0 Å². The van der Waals surface area contributed by atoms with Crippen LogP contribution in [0.3, 0.4) is 0 Å². The van der Waals surface area contributed by atoms with Crippen molar-refractivity contribution >= 4 is 21.8 Å². The third kappa shape index (κ3) is 4.74. The van der Waals surface area contributed by atoms with E-state index < -0.39 is 10.0 Å². The van der Waals surface area contributed by atoms with Crippen molar-refractivity contribution in [3.8, 4) is 0 Å². The van der Waals surface area contributed by atoms with Crippen molar-refractivity contribution in [1.29, 1.82) is 0 Å². The molecule has 0 spiro atoms. The van der Waals surface area contributed by atoms with Crippen molar-refractivity contribution in [3.63, 3.8) is 0 Å². The zero-order valence-electron chi connectivity index (χ0n) is 13.6. The van der Waals surface area contributed by atoms with Crippen molar-refractivity contribution in [2.24, 2.45) is 7.05 Å². The fourth-order valence-corrected chi connectivity index (χ4v) is 4.09. The first-order chi connectivity index (χ1) is 9.84. The predicted molar refractivity (Wildman–Crippen MR) is 90.2 cm³/mol. The van der Waals surface area contributed by atoms with Crippen LogP contribution in [-0.2, 0) is 23.6 Å². The minimum absolute atomic E-state index is 0.000118. The van der Waals surface area contributed by atoms with Gasteiger partial charge in [0.05, 0.1) is 0 Å². The number of hydrogen-bond acceptors (Lipinski definition) is 4. The summed E-state index contributed by atoms with van der Waals surface area (Å²) >= 11 is 1.74. The molecule has 1 aromatic heterocycles. The summed E-state index contributed by atoms with van der Waals surface area (Å²) in [6, 6.07) is 1.76. The van der Waals surface area contributed by atoms with Crippen LogP contribution in [0, 0.1) is 0 Å². The Morgan fingerprint density at radius 3 is 2.71 bits per heavy atom. The van der Waals surface area contributed by atoms with Crippen molar-refractivity contribution in [3.05, 3.63) is 18.0 Å². The molecule has 0 fully saturated rings. The second-order valence-electron chi connectivity index (χ2n) is 5.21. The summed E-state index contributed by atoms with van der Waals surface area (Å²) in [5.41, 5.74) is 0.973. The van der Waals surface area contributed by atoms with Gasteiger partial charge in [-0.25, -0.2) is 8.42 Å². The SMILES string of the molecule is CCNCc1cc(S(=O)(=O)N(C)C(C)CCSC)cn1C. The van der Waals surface area contributed by atoms with Crippen molar-refractivity contribution < 1.29 is 8.42 Å². The van der Waals surface area contributed by atoms with E-state index in [1.165, 1.54) is 4.31 Å². The van der Waals surface area contributed by atoms with Crippen LogP contribution in [0.15, 0.2) is 17.2 Å². The molecule has 1 aromatic rings. The summed E-state index contributed by atoms with van der Waals surface area (Å²) in [7, 11) is 0.122. The Hall–Kier alpha value is -0.500. The molecule has 0 aliphatic rings. The predicted octanol–water partition coefficient (Wildman–Crippen LogP) is 1.90. The average molecular weight is 334 g/mol. The Labute approximate surface area is 133 Å². The molecule has 0 aliphatic heterocycles. The molecule has 21 heavy (non-hydrogen) atoms. The molecule has 7 heteroatoms. The number of nitrogens with zero attached hydrogens (tertiary/aromatic N) is 2. The lowest BCUT2D eigenvalue weighted by Gasteiger charge is -2.23. The van der Waals surface area contributed by atoms with E-state index in [1.54, 1.807) is 31.1 Å². The lowest BCUT2D eigenvalue weighted by molar-refractivity contribution is 0.382. The number of thioether (sulfide) groups is 1. The van der Waals surface area contributed by atoms with Gasteiger partial charge in [-0.3, -0.25) is 0 Å². The topological polar surface area (TPSA) is 54.3 Å². The van der Waals surface area contributed by atoms with Crippen LogP contribution in [0.5, 0.6) is 0 Å². The Balaban J connectivity index is 2.91. The number of aryl methyl sites for hydroxylation is 1. The van der Waals surface area contributed by atoms with Gasteiger partial charge in [0, 0.05) is 38.6 Å². The first-order valence-electron chi connectivity index (χ1n) is 7.17. The molecule has 0 bridgehead atoms. The summed E-state index contributed by atoms with van der Waals surface area (Å²) in [5, 5.41) is 3.22. The smallest absolute Gasteiger partial charge is 0.244 e. The molecular weight excluding hydrogens is 306 g/mol. The van der Waals surface area contributed by atoms with E-state index in [1.807, 2.05) is 31.7 Å². The molecule has 0 radical (unpaired) electrons. The van der Waals surface area contributed by atoms with Gasteiger partial charge in [-0.15, -0.1) is 0 Å². The van der Waals surface area contributed by atoms with Crippen LogP contribution >= 0.6 is 11.8 Å². The fourth-order valence-electron chi connectivity index (χ4n) is 2.02. The van der Waals surface area contributed by atoms with E-state index in [0.717, 1.165) is 24.4 Å². The standard InChI is InChI=1S/C14H27N3O2S2/c1-6-15-10-13-9-14(11-16(13)3)21(18,19)17(4)12(2)7-8-20-5/h9,11-12,15H,6-8,10H2,1-5H3. The molecular formula is C14H27N3O2S2. The van der Waals surface area contributed by atoms with E-state index in [0.29, 0.717) is 11.4 Å². The lowest BCUT2D eigenvalue weighted by Crippen LogP contribution is -2.35. The molecule has 0 aromatic carbocycles. The molecule has 1 unspecified atom stereocenters. The zero-order valence-corrected chi connectivity index (χ0v) is 15.2. The van der Waals surface area contributed by atoms with Crippen molar-refractivity contribution in [2.45, 2.75) is 37.8 Å². The van der Waals surface area contributed by atoms with Crippen LogP contribution in [-0.4, -0.2) is 48.9 Å². The van der Waals surface area contributed by atoms with Crippen LogP contribution < -0.4 is 5.32 Å². The van der Waals surface area contributed by atoms with Gasteiger partial charge in [0.1, 0.15) is 4.90 Å². The lowest BCUT2D eigenvalue weighted by atomic mass is 10.3. The second kappa shape index (κ2) is 8.22. The van der Waals surface area contributed by atoms with E-state index in [9.17, 15) is 8.42 Å². The summed E-state index contributed by atoms with van der Waals surface area (Å²) in [6.07, 6.45) is 4.58. The molecule has 0 saturated carbocycles. The molecule has 1 N–H and O–H groups in total. The molecule has 122 valence electrons. The van der Waals surface area contributed by atoms with E-state index in [2.05, 4.69) is 5.32 Å². The molecule has 5 nitrogen and oxygen atoms in total. The van der Waals surface area contributed by atoms with Gasteiger partial charge in [-0.1, -0.05) is 6.92 Å². The summed E-state index contributed by atoms with van der Waals surface area (Å²) in [5.74, 6) is 0.960.